The number of rotatable bonds is 8. The van der Waals surface area contributed by atoms with Crippen molar-refractivity contribution in [3.63, 3.8) is 0 Å². The Morgan fingerprint density at radius 1 is 1.19 bits per heavy atom. The number of anilines is 2. The summed E-state index contributed by atoms with van der Waals surface area (Å²) in [5.41, 5.74) is 3.58. The van der Waals surface area contributed by atoms with Gasteiger partial charge < -0.3 is 14.5 Å². The fourth-order valence-electron chi connectivity index (χ4n) is 4.98. The molecule has 7 heteroatoms. The van der Waals surface area contributed by atoms with Gasteiger partial charge in [0.15, 0.2) is 5.78 Å². The highest BCUT2D eigenvalue weighted by molar-refractivity contribution is 6.09. The van der Waals surface area contributed by atoms with Crippen LogP contribution in [0.15, 0.2) is 42.6 Å². The minimum Gasteiger partial charge on any atom is -0.384 e. The number of carbonyl (C=O) groups is 2. The summed E-state index contributed by atoms with van der Waals surface area (Å²) in [6, 6.07) is 7.86. The molecule has 1 fully saturated rings. The molecule has 2 aromatic rings. The summed E-state index contributed by atoms with van der Waals surface area (Å²) in [4.78, 5) is 34.6. The average Bonchev–Trinajstić information content (AvgIpc) is 2.89. The Morgan fingerprint density at radius 2 is 1.94 bits per heavy atom. The quantitative estimate of drug-likeness (QED) is 0.361. The molecular weight excluding hydrogens is 457 g/mol. The lowest BCUT2D eigenvalue weighted by Crippen LogP contribution is -2.43. The van der Waals surface area contributed by atoms with E-state index in [-0.39, 0.29) is 11.7 Å². The van der Waals surface area contributed by atoms with Gasteiger partial charge in [0.2, 0.25) is 0 Å². The number of likely N-dealkylation sites (tertiary alicyclic amines) is 1. The first kappa shape index (κ1) is 26.0. The predicted octanol–water partition coefficient (Wildman–Crippen LogP) is 5.47. The predicted molar refractivity (Wildman–Crippen MR) is 140 cm³/mol. The number of amides is 1. The van der Waals surface area contributed by atoms with Crippen LogP contribution in [0.5, 0.6) is 0 Å². The molecule has 3 heterocycles. The van der Waals surface area contributed by atoms with Crippen LogP contribution in [-0.4, -0.2) is 60.6 Å². The first-order chi connectivity index (χ1) is 17.2. The van der Waals surface area contributed by atoms with Crippen LogP contribution in [-0.2, 0) is 17.6 Å². The number of halogens is 1. The number of alkyl halides is 1. The number of Topliss-reactive ketones (excluding diaryl/α,β-unsaturated/α-hetero) is 1. The minimum absolute atomic E-state index is 0.0402. The van der Waals surface area contributed by atoms with Crippen LogP contribution in [0, 0.1) is 0 Å². The third-order valence-electron chi connectivity index (χ3n) is 7.32. The van der Waals surface area contributed by atoms with E-state index in [2.05, 4.69) is 17.5 Å². The standard InChI is InChI=1S/C29H36FN3O3/c1-5-21-18-24(8-9-25(21)26(34)20(2)10-16-36-4)33-13-6-7-22-17-23(19-31-27(22)33)28(35)32-14-11-29(3,30)12-15-32/h8-9,17-19H,2,5-7,10-16H2,1,3-4H3. The summed E-state index contributed by atoms with van der Waals surface area (Å²) in [6.07, 6.45) is 5.38. The summed E-state index contributed by atoms with van der Waals surface area (Å²) < 4.78 is 19.3. The van der Waals surface area contributed by atoms with Gasteiger partial charge in [-0.2, -0.15) is 0 Å². The lowest BCUT2D eigenvalue weighted by atomic mass is 9.94. The van der Waals surface area contributed by atoms with Crippen molar-refractivity contribution in [1.29, 1.82) is 0 Å². The highest BCUT2D eigenvalue weighted by atomic mass is 19.1. The number of fused-ring (bicyclic) bond motifs is 1. The van der Waals surface area contributed by atoms with E-state index in [0.29, 0.717) is 55.7 Å². The zero-order valence-corrected chi connectivity index (χ0v) is 21.6. The zero-order valence-electron chi connectivity index (χ0n) is 21.6. The summed E-state index contributed by atoms with van der Waals surface area (Å²) in [7, 11) is 1.61. The second-order valence-corrected chi connectivity index (χ2v) is 10.0. The van der Waals surface area contributed by atoms with Gasteiger partial charge in [0.05, 0.1) is 12.2 Å². The number of pyridine rings is 1. The molecule has 0 aliphatic carbocycles. The Bertz CT molecular complexity index is 1150. The van der Waals surface area contributed by atoms with Crippen molar-refractivity contribution in [2.45, 2.75) is 58.0 Å². The number of methoxy groups -OCH3 is 1. The van der Waals surface area contributed by atoms with Crippen LogP contribution >= 0.6 is 0 Å². The first-order valence-electron chi connectivity index (χ1n) is 12.8. The van der Waals surface area contributed by atoms with Crippen LogP contribution in [0.3, 0.4) is 0 Å². The van der Waals surface area contributed by atoms with Gasteiger partial charge in [-0.05, 0) is 86.4 Å². The fourth-order valence-corrected chi connectivity index (χ4v) is 4.98. The molecule has 0 N–H and O–H groups in total. The summed E-state index contributed by atoms with van der Waals surface area (Å²) in [6.45, 7) is 9.73. The number of hydrogen-bond acceptors (Lipinski definition) is 5. The normalized spacial score (nSPS) is 17.0. The van der Waals surface area contributed by atoms with Crippen molar-refractivity contribution in [3.8, 4) is 0 Å². The number of carbonyl (C=O) groups excluding carboxylic acids is 2. The van der Waals surface area contributed by atoms with Gasteiger partial charge in [-0.15, -0.1) is 0 Å². The van der Waals surface area contributed by atoms with E-state index in [1.807, 2.05) is 25.1 Å². The van der Waals surface area contributed by atoms with E-state index in [0.717, 1.165) is 48.4 Å². The van der Waals surface area contributed by atoms with Crippen molar-refractivity contribution in [2.24, 2.45) is 0 Å². The van der Waals surface area contributed by atoms with Crippen LogP contribution in [0.1, 0.15) is 71.4 Å². The number of aromatic nitrogens is 1. The number of piperidine rings is 1. The highest BCUT2D eigenvalue weighted by Gasteiger charge is 2.32. The maximum atomic E-state index is 14.2. The average molecular weight is 494 g/mol. The first-order valence-corrected chi connectivity index (χ1v) is 12.8. The largest absolute Gasteiger partial charge is 0.384 e. The number of hydrogen-bond donors (Lipinski definition) is 0. The van der Waals surface area contributed by atoms with Gasteiger partial charge >= 0.3 is 0 Å². The molecule has 0 saturated carbocycles. The number of benzene rings is 1. The van der Waals surface area contributed by atoms with Gasteiger partial charge in [0, 0.05) is 44.2 Å². The molecular formula is C29H36FN3O3. The zero-order chi connectivity index (χ0) is 25.9. The molecule has 1 amide bonds. The molecule has 0 bridgehead atoms. The molecule has 1 aromatic carbocycles. The summed E-state index contributed by atoms with van der Waals surface area (Å²) in [5.74, 6) is 0.725. The number of ketones is 1. The topological polar surface area (TPSA) is 62.7 Å². The minimum atomic E-state index is -1.19. The maximum Gasteiger partial charge on any atom is 0.255 e. The maximum absolute atomic E-state index is 14.2. The Balaban J connectivity index is 1.55. The molecule has 4 rings (SSSR count). The third kappa shape index (κ3) is 5.51. The van der Waals surface area contributed by atoms with E-state index < -0.39 is 5.67 Å². The Morgan fingerprint density at radius 3 is 2.64 bits per heavy atom. The Hall–Kier alpha value is -3.06. The highest BCUT2D eigenvalue weighted by Crippen LogP contribution is 2.34. The van der Waals surface area contributed by atoms with Gasteiger partial charge in [-0.25, -0.2) is 9.37 Å². The Kier molecular flexibility index (Phi) is 7.88. The van der Waals surface area contributed by atoms with E-state index in [1.165, 1.54) is 0 Å². The van der Waals surface area contributed by atoms with Crippen LogP contribution in [0.25, 0.3) is 0 Å². The van der Waals surface area contributed by atoms with Gasteiger partial charge in [-0.3, -0.25) is 9.59 Å². The molecule has 1 saturated heterocycles. The van der Waals surface area contributed by atoms with Crippen molar-refractivity contribution < 1.29 is 18.7 Å². The number of ether oxygens (including phenoxy) is 1. The number of aryl methyl sites for hydroxylation is 2. The smallest absolute Gasteiger partial charge is 0.255 e. The lowest BCUT2D eigenvalue weighted by molar-refractivity contribution is 0.0503. The van der Waals surface area contributed by atoms with Crippen molar-refractivity contribution in [1.82, 2.24) is 9.88 Å². The Labute approximate surface area is 213 Å². The number of nitrogens with zero attached hydrogens (tertiary/aromatic N) is 3. The van der Waals surface area contributed by atoms with E-state index in [9.17, 15) is 14.0 Å². The van der Waals surface area contributed by atoms with Crippen molar-refractivity contribution >= 4 is 23.2 Å². The van der Waals surface area contributed by atoms with Crippen LogP contribution in [0.2, 0.25) is 0 Å². The summed E-state index contributed by atoms with van der Waals surface area (Å²) in [5, 5.41) is 0. The third-order valence-corrected chi connectivity index (χ3v) is 7.32. The molecule has 36 heavy (non-hydrogen) atoms. The molecule has 1 aromatic heterocycles. The van der Waals surface area contributed by atoms with E-state index >= 15 is 0 Å². The molecule has 0 spiro atoms. The van der Waals surface area contributed by atoms with Crippen molar-refractivity contribution in [3.05, 3.63) is 64.9 Å². The second-order valence-electron chi connectivity index (χ2n) is 10.0. The molecule has 6 nitrogen and oxygen atoms in total. The molecule has 192 valence electrons. The van der Waals surface area contributed by atoms with Crippen LogP contribution in [0.4, 0.5) is 15.9 Å². The monoisotopic (exact) mass is 493 g/mol. The second kappa shape index (κ2) is 10.9. The molecule has 2 aliphatic heterocycles. The fraction of sp³-hybridized carbons (Fsp3) is 0.483. The molecule has 0 unspecified atom stereocenters. The lowest BCUT2D eigenvalue weighted by Gasteiger charge is -2.34. The van der Waals surface area contributed by atoms with Crippen molar-refractivity contribution in [2.75, 3.05) is 38.3 Å². The molecule has 0 radical (unpaired) electrons. The molecule has 0 atom stereocenters. The van der Waals surface area contributed by atoms with E-state index in [4.69, 9.17) is 9.72 Å². The van der Waals surface area contributed by atoms with Gasteiger partial charge in [-0.1, -0.05) is 13.5 Å². The van der Waals surface area contributed by atoms with Gasteiger partial charge in [0.25, 0.3) is 5.91 Å². The van der Waals surface area contributed by atoms with Gasteiger partial charge in [0.1, 0.15) is 11.5 Å². The molecule has 2 aliphatic rings. The van der Waals surface area contributed by atoms with E-state index in [1.54, 1.807) is 25.1 Å². The summed E-state index contributed by atoms with van der Waals surface area (Å²) >= 11 is 0. The SMILES string of the molecule is C=C(CCOC)C(=O)c1ccc(N2CCCc3cc(C(=O)N4CCC(C)(F)CC4)cnc32)cc1CC. The van der Waals surface area contributed by atoms with Crippen LogP contribution < -0.4 is 4.90 Å².